The molecule has 0 spiro atoms. The van der Waals surface area contributed by atoms with Gasteiger partial charge in [-0.3, -0.25) is 14.5 Å². The zero-order chi connectivity index (χ0) is 27.2. The number of nitrogens with zero attached hydrogens (tertiary/aromatic N) is 3. The van der Waals surface area contributed by atoms with Gasteiger partial charge >= 0.3 is 6.18 Å². The van der Waals surface area contributed by atoms with Crippen LogP contribution < -0.4 is 10.2 Å². The van der Waals surface area contributed by atoms with Gasteiger partial charge in [0, 0.05) is 22.5 Å². The van der Waals surface area contributed by atoms with E-state index in [-0.39, 0.29) is 11.5 Å². The monoisotopic (exact) mass is 538 g/mol. The Balaban J connectivity index is 1.64. The minimum absolute atomic E-state index is 0.167. The summed E-state index contributed by atoms with van der Waals surface area (Å²) in [4.78, 5) is 29.7. The molecule has 2 aromatic heterocycles. The number of aryl methyl sites for hydroxylation is 2. The standard InChI is InChI=1S/C28H25F3N4O2S/c1-4-34-26-22(17(3)33-35(26)20-11-6-5-7-12-20)23(21-13-16(2)15-38-21)24(27(34)37)32-25(36)18-9-8-10-19(14-18)28(29,30)31/h5-15,23-24H,4H2,1-3H3,(H,32,36)/t23-,24-/m0/s1. The molecule has 1 aliphatic heterocycles. The number of aromatic nitrogens is 2. The van der Waals surface area contributed by atoms with Crippen molar-refractivity contribution in [3.8, 4) is 5.69 Å². The molecule has 0 fully saturated rings. The fourth-order valence-corrected chi connectivity index (χ4v) is 5.96. The fraction of sp³-hybridized carbons (Fsp3) is 0.250. The van der Waals surface area contributed by atoms with Gasteiger partial charge < -0.3 is 5.32 Å². The van der Waals surface area contributed by atoms with Gasteiger partial charge in [0.15, 0.2) is 0 Å². The Hall–Kier alpha value is -3.92. The summed E-state index contributed by atoms with van der Waals surface area (Å²) in [5, 5.41) is 9.52. The SMILES string of the molecule is CCN1C(=O)[C@@H](NC(=O)c2cccc(C(F)(F)F)c2)[C@@H](c2cc(C)cs2)c2c(C)nn(-c3ccccc3)c21. The number of carbonyl (C=O) groups is 2. The summed E-state index contributed by atoms with van der Waals surface area (Å²) in [6.45, 7) is 5.96. The van der Waals surface area contributed by atoms with Crippen LogP contribution in [-0.4, -0.2) is 34.2 Å². The average molecular weight is 539 g/mol. The lowest BCUT2D eigenvalue weighted by Gasteiger charge is -2.38. The topological polar surface area (TPSA) is 67.2 Å². The van der Waals surface area contributed by atoms with Crippen molar-refractivity contribution in [3.05, 3.63) is 98.9 Å². The first-order valence-electron chi connectivity index (χ1n) is 12.1. The number of para-hydroxylation sites is 1. The Morgan fingerprint density at radius 1 is 1.08 bits per heavy atom. The lowest BCUT2D eigenvalue weighted by atomic mass is 9.84. The highest BCUT2D eigenvalue weighted by Crippen LogP contribution is 2.45. The van der Waals surface area contributed by atoms with Crippen LogP contribution in [0.3, 0.4) is 0 Å². The molecule has 0 radical (unpaired) electrons. The molecule has 38 heavy (non-hydrogen) atoms. The Bertz CT molecular complexity index is 1510. The predicted molar refractivity (Wildman–Crippen MR) is 140 cm³/mol. The molecule has 0 bridgehead atoms. The maximum atomic E-state index is 14.0. The molecule has 2 atom stereocenters. The van der Waals surface area contributed by atoms with Crippen molar-refractivity contribution in [2.75, 3.05) is 11.4 Å². The number of alkyl halides is 3. The maximum absolute atomic E-state index is 14.0. The van der Waals surface area contributed by atoms with Gasteiger partial charge in [-0.15, -0.1) is 11.3 Å². The normalized spacial score (nSPS) is 17.4. The van der Waals surface area contributed by atoms with E-state index in [4.69, 9.17) is 5.10 Å². The van der Waals surface area contributed by atoms with Crippen molar-refractivity contribution in [3.63, 3.8) is 0 Å². The van der Waals surface area contributed by atoms with Gasteiger partial charge in [0.2, 0.25) is 0 Å². The third kappa shape index (κ3) is 4.49. The highest BCUT2D eigenvalue weighted by molar-refractivity contribution is 7.10. The zero-order valence-electron chi connectivity index (χ0n) is 20.9. The quantitative estimate of drug-likeness (QED) is 0.346. The molecule has 0 unspecified atom stereocenters. The number of likely N-dealkylation sites (N-methyl/N-ethyl adjacent to an activating group) is 1. The summed E-state index contributed by atoms with van der Waals surface area (Å²) in [5.74, 6) is -1.04. The molecule has 3 heterocycles. The lowest BCUT2D eigenvalue weighted by molar-refractivity contribution is -0.137. The Morgan fingerprint density at radius 3 is 2.45 bits per heavy atom. The summed E-state index contributed by atoms with van der Waals surface area (Å²) in [7, 11) is 0. The Labute approximate surface area is 221 Å². The van der Waals surface area contributed by atoms with E-state index in [2.05, 4.69) is 5.32 Å². The molecule has 4 aromatic rings. The molecule has 2 aromatic carbocycles. The smallest absolute Gasteiger partial charge is 0.339 e. The van der Waals surface area contributed by atoms with Crippen molar-refractivity contribution in [2.45, 2.75) is 38.9 Å². The molecule has 196 valence electrons. The van der Waals surface area contributed by atoms with Crippen molar-refractivity contribution < 1.29 is 22.8 Å². The second kappa shape index (κ2) is 9.75. The molecular formula is C28H25F3N4O2S. The molecule has 10 heteroatoms. The van der Waals surface area contributed by atoms with Gasteiger partial charge in [-0.1, -0.05) is 24.3 Å². The minimum Gasteiger partial charge on any atom is -0.339 e. The number of benzene rings is 2. The first kappa shape index (κ1) is 25.7. The Kier molecular flexibility index (Phi) is 6.60. The zero-order valence-corrected chi connectivity index (χ0v) is 21.7. The number of amides is 2. The number of fused-ring (bicyclic) bond motifs is 1. The van der Waals surface area contributed by atoms with Crippen molar-refractivity contribution in [1.82, 2.24) is 15.1 Å². The molecule has 6 nitrogen and oxygen atoms in total. The highest BCUT2D eigenvalue weighted by atomic mass is 32.1. The van der Waals surface area contributed by atoms with Crippen LogP contribution in [0, 0.1) is 13.8 Å². The van der Waals surface area contributed by atoms with Crippen molar-refractivity contribution in [1.29, 1.82) is 0 Å². The largest absolute Gasteiger partial charge is 0.416 e. The van der Waals surface area contributed by atoms with E-state index < -0.39 is 29.6 Å². The van der Waals surface area contributed by atoms with E-state index in [1.54, 1.807) is 9.58 Å². The number of hydrogen-bond acceptors (Lipinski definition) is 4. The van der Waals surface area contributed by atoms with Crippen molar-refractivity contribution in [2.24, 2.45) is 0 Å². The van der Waals surface area contributed by atoms with E-state index in [0.29, 0.717) is 18.1 Å². The molecular weight excluding hydrogens is 513 g/mol. The second-order valence-corrected chi connectivity index (χ2v) is 10.1. The fourth-order valence-electron chi connectivity index (χ4n) is 4.92. The lowest BCUT2D eigenvalue weighted by Crippen LogP contribution is -2.55. The Morgan fingerprint density at radius 2 is 1.82 bits per heavy atom. The number of carbonyl (C=O) groups excluding carboxylic acids is 2. The van der Waals surface area contributed by atoms with Crippen LogP contribution in [0.2, 0.25) is 0 Å². The van der Waals surface area contributed by atoms with E-state index >= 15 is 0 Å². The van der Waals surface area contributed by atoms with Gasteiger partial charge in [-0.2, -0.15) is 18.3 Å². The summed E-state index contributed by atoms with van der Waals surface area (Å²) < 4.78 is 41.6. The van der Waals surface area contributed by atoms with Crippen LogP contribution in [0.5, 0.6) is 0 Å². The average Bonchev–Trinajstić information content (AvgIpc) is 3.48. The van der Waals surface area contributed by atoms with E-state index in [0.717, 1.165) is 33.8 Å². The third-order valence-corrected chi connectivity index (χ3v) is 7.76. The molecule has 2 amide bonds. The number of halogens is 3. The summed E-state index contributed by atoms with van der Waals surface area (Å²) in [5.41, 5.74) is 2.20. The van der Waals surface area contributed by atoms with Crippen LogP contribution in [0.15, 0.2) is 66.0 Å². The van der Waals surface area contributed by atoms with Crippen LogP contribution in [0.4, 0.5) is 19.0 Å². The van der Waals surface area contributed by atoms with Gasteiger partial charge in [0.1, 0.15) is 11.9 Å². The third-order valence-electron chi connectivity index (χ3n) is 6.63. The molecule has 0 aliphatic carbocycles. The summed E-state index contributed by atoms with van der Waals surface area (Å²) >= 11 is 1.47. The molecule has 1 N–H and O–H groups in total. The summed E-state index contributed by atoms with van der Waals surface area (Å²) in [6, 6.07) is 14.6. The van der Waals surface area contributed by atoms with E-state index in [9.17, 15) is 22.8 Å². The van der Waals surface area contributed by atoms with Crippen LogP contribution in [0.1, 0.15) is 50.5 Å². The van der Waals surface area contributed by atoms with Crippen LogP contribution >= 0.6 is 11.3 Å². The van der Waals surface area contributed by atoms with Gasteiger partial charge in [-0.25, -0.2) is 4.68 Å². The molecule has 5 rings (SSSR count). The van der Waals surface area contributed by atoms with E-state index in [1.165, 1.54) is 23.5 Å². The first-order chi connectivity index (χ1) is 18.1. The number of thiophene rings is 1. The predicted octanol–water partition coefficient (Wildman–Crippen LogP) is 5.87. The molecule has 1 aliphatic rings. The number of rotatable bonds is 5. The molecule has 0 saturated heterocycles. The number of anilines is 1. The second-order valence-electron chi connectivity index (χ2n) is 9.19. The van der Waals surface area contributed by atoms with Crippen molar-refractivity contribution >= 4 is 29.0 Å². The summed E-state index contributed by atoms with van der Waals surface area (Å²) in [6.07, 6.45) is -4.59. The van der Waals surface area contributed by atoms with Gasteiger partial charge in [0.25, 0.3) is 11.8 Å². The minimum atomic E-state index is -4.59. The molecule has 0 saturated carbocycles. The highest BCUT2D eigenvalue weighted by Gasteiger charge is 2.46. The number of hydrogen-bond donors (Lipinski definition) is 1. The van der Waals surface area contributed by atoms with Crippen LogP contribution in [0.25, 0.3) is 5.69 Å². The number of nitrogens with one attached hydrogen (secondary N) is 1. The van der Waals surface area contributed by atoms with Gasteiger partial charge in [0.05, 0.1) is 22.9 Å². The van der Waals surface area contributed by atoms with Crippen LogP contribution in [-0.2, 0) is 11.0 Å². The van der Waals surface area contributed by atoms with E-state index in [1.807, 2.05) is 62.5 Å². The first-order valence-corrected chi connectivity index (χ1v) is 13.0. The van der Waals surface area contributed by atoms with Gasteiger partial charge in [-0.05, 0) is 68.1 Å². The maximum Gasteiger partial charge on any atom is 0.416 e.